The van der Waals surface area contributed by atoms with Crippen molar-refractivity contribution in [1.29, 1.82) is 0 Å². The smallest absolute Gasteiger partial charge is 0.449 e. The van der Waals surface area contributed by atoms with Gasteiger partial charge in [0.2, 0.25) is 17.6 Å². The third-order valence-electron chi connectivity index (χ3n) is 8.17. The molecule has 0 saturated heterocycles. The summed E-state index contributed by atoms with van der Waals surface area (Å²) < 4.78 is 51.6. The summed E-state index contributed by atoms with van der Waals surface area (Å²) in [6, 6.07) is 11.2. The van der Waals surface area contributed by atoms with Crippen LogP contribution in [0.3, 0.4) is 0 Å². The molecular weight excluding hydrogens is 603 g/mol. The summed E-state index contributed by atoms with van der Waals surface area (Å²) in [6.45, 7) is 7.76. The van der Waals surface area contributed by atoms with Crippen molar-refractivity contribution in [1.82, 2.24) is 14.5 Å². The van der Waals surface area contributed by atoms with Gasteiger partial charge in [0.25, 0.3) is 5.56 Å². The van der Waals surface area contributed by atoms with E-state index < -0.39 is 22.9 Å². The van der Waals surface area contributed by atoms with Crippen molar-refractivity contribution in [2.75, 3.05) is 43.1 Å². The molecule has 1 aliphatic rings. The molecule has 3 aromatic heterocycles. The van der Waals surface area contributed by atoms with Crippen LogP contribution in [0.5, 0.6) is 5.75 Å². The fourth-order valence-corrected chi connectivity index (χ4v) is 5.61. The van der Waals surface area contributed by atoms with Gasteiger partial charge in [0.15, 0.2) is 0 Å². The minimum absolute atomic E-state index is 0.106. The maximum Gasteiger partial charge on any atom is 0.449 e. The van der Waals surface area contributed by atoms with Gasteiger partial charge in [-0.05, 0) is 63.1 Å². The molecule has 46 heavy (non-hydrogen) atoms. The highest BCUT2D eigenvalue weighted by Crippen LogP contribution is 2.40. The van der Waals surface area contributed by atoms with Crippen molar-refractivity contribution < 1.29 is 31.9 Å². The van der Waals surface area contributed by atoms with Crippen LogP contribution in [-0.4, -0.2) is 59.6 Å². The van der Waals surface area contributed by atoms with Crippen LogP contribution in [0.4, 0.5) is 24.5 Å². The molecule has 0 aliphatic carbocycles. The summed E-state index contributed by atoms with van der Waals surface area (Å²) in [5, 5.41) is -0.119. The number of carbonyl (C=O) groups excluding carboxylic acids is 2. The lowest BCUT2D eigenvalue weighted by Gasteiger charge is -2.27. The Hall–Kier alpha value is -4.65. The fraction of sp³-hybridized carbons (Fsp3) is 0.394. The van der Waals surface area contributed by atoms with Gasteiger partial charge in [-0.25, -0.2) is 0 Å². The second-order valence-electron chi connectivity index (χ2n) is 11.7. The van der Waals surface area contributed by atoms with Gasteiger partial charge >= 0.3 is 6.18 Å². The van der Waals surface area contributed by atoms with E-state index in [9.17, 15) is 27.6 Å². The number of rotatable bonds is 11. The maximum atomic E-state index is 13.1. The topological polar surface area (TPSA) is 101 Å². The first-order valence-electron chi connectivity index (χ1n) is 15.0. The lowest BCUT2D eigenvalue weighted by atomic mass is 9.90. The van der Waals surface area contributed by atoms with E-state index in [1.54, 1.807) is 56.4 Å². The Kier molecular flexibility index (Phi) is 9.24. The van der Waals surface area contributed by atoms with Crippen molar-refractivity contribution in [3.63, 3.8) is 0 Å². The van der Waals surface area contributed by atoms with Crippen molar-refractivity contribution in [3.05, 3.63) is 82.7 Å². The number of benzene rings is 1. The summed E-state index contributed by atoms with van der Waals surface area (Å²) >= 11 is 0. The fourth-order valence-electron chi connectivity index (χ4n) is 5.61. The van der Waals surface area contributed by atoms with E-state index in [-0.39, 0.29) is 29.3 Å². The number of ether oxygens (including phenoxy) is 1. The largest absolute Gasteiger partial charge is 0.493 e. The summed E-state index contributed by atoms with van der Waals surface area (Å²) in [4.78, 5) is 48.5. The number of pyridine rings is 2. The molecule has 1 aliphatic heterocycles. The van der Waals surface area contributed by atoms with Crippen LogP contribution in [-0.2, 0) is 28.9 Å². The number of alkyl halides is 3. The highest BCUT2D eigenvalue weighted by Gasteiger charge is 2.45. The lowest BCUT2D eigenvalue weighted by molar-refractivity contribution is -0.152. The van der Waals surface area contributed by atoms with Crippen LogP contribution >= 0.6 is 0 Å². The second-order valence-corrected chi connectivity index (χ2v) is 11.7. The third-order valence-corrected chi connectivity index (χ3v) is 8.17. The molecule has 1 aromatic carbocycles. The minimum Gasteiger partial charge on any atom is -0.493 e. The van der Waals surface area contributed by atoms with Crippen molar-refractivity contribution in [2.45, 2.75) is 46.5 Å². The molecule has 0 unspecified atom stereocenters. The van der Waals surface area contributed by atoms with Crippen LogP contribution in [0.15, 0.2) is 70.3 Å². The van der Waals surface area contributed by atoms with Crippen LogP contribution in [0.2, 0.25) is 0 Å². The zero-order valence-electron chi connectivity index (χ0n) is 26.1. The van der Waals surface area contributed by atoms with Gasteiger partial charge < -0.3 is 23.5 Å². The number of aromatic nitrogens is 2. The second kappa shape index (κ2) is 13.0. The van der Waals surface area contributed by atoms with E-state index in [1.807, 2.05) is 19.1 Å². The van der Waals surface area contributed by atoms with E-state index >= 15 is 0 Å². The number of halogens is 3. The molecule has 2 amide bonds. The number of fused-ring (bicyclic) bond motifs is 2. The molecule has 244 valence electrons. The molecule has 0 fully saturated rings. The molecule has 10 nitrogen and oxygen atoms in total. The molecule has 0 radical (unpaired) electrons. The molecule has 0 spiro atoms. The molecule has 0 bridgehead atoms. The van der Waals surface area contributed by atoms with Gasteiger partial charge in [-0.3, -0.25) is 24.3 Å². The van der Waals surface area contributed by atoms with Crippen molar-refractivity contribution >= 4 is 34.2 Å². The average Bonchev–Trinajstić information content (AvgIpc) is 3.47. The maximum absolute atomic E-state index is 13.1. The number of amides is 2. The highest BCUT2D eigenvalue weighted by atomic mass is 19.4. The number of furan rings is 1. The number of carbonyl (C=O) groups is 2. The predicted molar refractivity (Wildman–Crippen MR) is 167 cm³/mol. The SMILES string of the molecule is CCN1C(=O)C(C)(C)C(=O)N(C)c2cc(OCCCN(CCn3ccc4oc(C(F)(F)F)cc4c3=O)Cc3ccncc3)ccc21. The zero-order valence-corrected chi connectivity index (χ0v) is 26.1. The molecule has 13 heteroatoms. The van der Waals surface area contributed by atoms with E-state index in [0.717, 1.165) is 11.6 Å². The molecule has 5 rings (SSSR count). The van der Waals surface area contributed by atoms with Gasteiger partial charge in [0.05, 0.1) is 23.4 Å². The van der Waals surface area contributed by atoms with Crippen LogP contribution in [0.1, 0.15) is 38.5 Å². The van der Waals surface area contributed by atoms with E-state index in [1.165, 1.54) is 21.7 Å². The molecule has 0 saturated carbocycles. The van der Waals surface area contributed by atoms with Crippen molar-refractivity contribution in [3.8, 4) is 5.75 Å². The zero-order chi connectivity index (χ0) is 33.2. The first kappa shape index (κ1) is 32.7. The van der Waals surface area contributed by atoms with Crippen molar-refractivity contribution in [2.24, 2.45) is 5.41 Å². The summed E-state index contributed by atoms with van der Waals surface area (Å²) in [6.07, 6.45) is 0.767. The van der Waals surface area contributed by atoms with Gasteiger partial charge in [-0.2, -0.15) is 13.2 Å². The summed E-state index contributed by atoms with van der Waals surface area (Å²) in [5.41, 5.74) is 0.380. The number of hydrogen-bond acceptors (Lipinski definition) is 7. The molecule has 0 N–H and O–H groups in total. The Bertz CT molecular complexity index is 1780. The van der Waals surface area contributed by atoms with E-state index in [2.05, 4.69) is 9.88 Å². The molecule has 4 heterocycles. The molecule has 4 aromatic rings. The van der Waals surface area contributed by atoms with Gasteiger partial charge in [0, 0.05) is 70.5 Å². The third kappa shape index (κ3) is 6.64. The highest BCUT2D eigenvalue weighted by molar-refractivity contribution is 6.20. The number of anilines is 2. The molecule has 0 atom stereocenters. The Morgan fingerprint density at radius 3 is 2.41 bits per heavy atom. The first-order valence-corrected chi connectivity index (χ1v) is 15.0. The number of hydrogen-bond donors (Lipinski definition) is 0. The standard InChI is InChI=1S/C33H36F3N5O5/c1-5-41-25-8-7-23(19-26(25)38(4)30(43)32(2,3)31(41)44)45-18-6-14-39(21-22-9-12-37-13-10-22)16-17-40-15-11-27-24(29(40)42)20-28(46-27)33(34,35)36/h7-13,15,19-20H,5-6,14,16-18,21H2,1-4H3. The van der Waals surface area contributed by atoms with E-state index in [0.29, 0.717) is 56.3 Å². The van der Waals surface area contributed by atoms with Crippen LogP contribution in [0, 0.1) is 5.41 Å². The Morgan fingerprint density at radius 1 is 0.978 bits per heavy atom. The average molecular weight is 640 g/mol. The Balaban J connectivity index is 1.26. The van der Waals surface area contributed by atoms with Gasteiger partial charge in [-0.15, -0.1) is 0 Å². The number of nitrogens with zero attached hydrogens (tertiary/aromatic N) is 5. The normalized spacial score (nSPS) is 15.0. The summed E-state index contributed by atoms with van der Waals surface area (Å²) in [5.74, 6) is -1.21. The Morgan fingerprint density at radius 2 is 1.72 bits per heavy atom. The van der Waals surface area contributed by atoms with Crippen LogP contribution < -0.4 is 20.1 Å². The summed E-state index contributed by atoms with van der Waals surface area (Å²) in [7, 11) is 1.65. The first-order chi connectivity index (χ1) is 21.8. The lowest BCUT2D eigenvalue weighted by Crippen LogP contribution is -2.47. The minimum atomic E-state index is -4.68. The molecular formula is C33H36F3N5O5. The van der Waals surface area contributed by atoms with Gasteiger partial charge in [-0.1, -0.05) is 0 Å². The van der Waals surface area contributed by atoms with Crippen LogP contribution in [0.25, 0.3) is 11.0 Å². The Labute approximate surface area is 264 Å². The predicted octanol–water partition coefficient (Wildman–Crippen LogP) is 5.34. The van der Waals surface area contributed by atoms with Gasteiger partial charge in [0.1, 0.15) is 16.7 Å². The monoisotopic (exact) mass is 639 g/mol. The quantitative estimate of drug-likeness (QED) is 0.161. The van der Waals surface area contributed by atoms with E-state index in [4.69, 9.17) is 9.15 Å².